The van der Waals surface area contributed by atoms with Crippen LogP contribution in [0.5, 0.6) is 0 Å². The average Bonchev–Trinajstić information content (AvgIpc) is 2.05. The summed E-state index contributed by atoms with van der Waals surface area (Å²) >= 11 is 0. The minimum atomic E-state index is 0.750. The summed E-state index contributed by atoms with van der Waals surface area (Å²) in [7, 11) is 2.01. The molecule has 0 aromatic heterocycles. The number of nitrogens with one attached hydrogen (secondary N) is 1. The average molecular weight is 165 g/mol. The van der Waals surface area contributed by atoms with Crippen LogP contribution in [0.1, 0.15) is 26.2 Å². The molecule has 0 saturated heterocycles. The van der Waals surface area contributed by atoms with Crippen molar-refractivity contribution in [2.24, 2.45) is 5.92 Å². The van der Waals surface area contributed by atoms with E-state index in [-0.39, 0.29) is 0 Å². The molecule has 0 heterocycles. The Morgan fingerprint density at radius 3 is 3.08 bits per heavy atom. The molecule has 0 radical (unpaired) electrons. The molecule has 0 aliphatic heterocycles. The third-order valence-electron chi connectivity index (χ3n) is 2.23. The van der Waals surface area contributed by atoms with E-state index in [0.29, 0.717) is 0 Å². The van der Waals surface area contributed by atoms with E-state index in [9.17, 15) is 0 Å². The molecule has 1 N–H and O–H groups in total. The van der Waals surface area contributed by atoms with Gasteiger partial charge in [-0.15, -0.1) is 0 Å². The monoisotopic (exact) mass is 165 g/mol. The Hall–Kier alpha value is -0.560. The Kier molecular flexibility index (Phi) is 4.09. The minimum Gasteiger partial charge on any atom is -0.320 e. The van der Waals surface area contributed by atoms with Gasteiger partial charge in [-0.2, -0.15) is 0 Å². The summed E-state index contributed by atoms with van der Waals surface area (Å²) in [6.07, 6.45) is 10.7. The van der Waals surface area contributed by atoms with E-state index in [2.05, 4.69) is 30.5 Å². The smallest absolute Gasteiger partial charge is 0.00488 e. The molecule has 1 rings (SSSR count). The molecule has 1 atom stereocenters. The number of hydrogen-bond donors (Lipinski definition) is 1. The van der Waals surface area contributed by atoms with Crippen LogP contribution in [0.25, 0.3) is 0 Å². The van der Waals surface area contributed by atoms with Crippen LogP contribution >= 0.6 is 0 Å². The quantitative estimate of drug-likeness (QED) is 0.631. The summed E-state index contributed by atoms with van der Waals surface area (Å²) in [6, 6.07) is 0. The summed E-state index contributed by atoms with van der Waals surface area (Å²) in [5.41, 5.74) is 1.52. The first-order chi connectivity index (χ1) is 5.83. The Morgan fingerprint density at radius 2 is 2.42 bits per heavy atom. The van der Waals surface area contributed by atoms with Crippen LogP contribution in [0, 0.1) is 5.92 Å². The van der Waals surface area contributed by atoms with Gasteiger partial charge in [0.1, 0.15) is 0 Å². The molecule has 68 valence electrons. The van der Waals surface area contributed by atoms with Crippen molar-refractivity contribution in [2.75, 3.05) is 13.6 Å². The molecule has 0 spiro atoms. The number of rotatable bonds is 4. The summed E-state index contributed by atoms with van der Waals surface area (Å²) in [6.45, 7) is 3.40. The summed E-state index contributed by atoms with van der Waals surface area (Å²) < 4.78 is 0. The maximum Gasteiger partial charge on any atom is -0.00488 e. The summed E-state index contributed by atoms with van der Waals surface area (Å²) in [4.78, 5) is 0. The van der Waals surface area contributed by atoms with E-state index >= 15 is 0 Å². The molecule has 0 amide bonds. The highest BCUT2D eigenvalue weighted by Crippen LogP contribution is 2.18. The molecule has 1 heteroatoms. The van der Waals surface area contributed by atoms with Gasteiger partial charge in [-0.3, -0.25) is 0 Å². The lowest BCUT2D eigenvalue weighted by molar-refractivity contribution is 0.693. The van der Waals surface area contributed by atoms with Crippen LogP contribution in [0.4, 0.5) is 0 Å². The van der Waals surface area contributed by atoms with Crippen molar-refractivity contribution in [3.05, 3.63) is 23.8 Å². The fourth-order valence-electron chi connectivity index (χ4n) is 1.56. The van der Waals surface area contributed by atoms with Gasteiger partial charge >= 0.3 is 0 Å². The highest BCUT2D eigenvalue weighted by atomic mass is 14.8. The Bertz CT molecular complexity index is 179. The van der Waals surface area contributed by atoms with E-state index in [1.54, 1.807) is 0 Å². The van der Waals surface area contributed by atoms with Crippen LogP contribution in [0.15, 0.2) is 23.8 Å². The van der Waals surface area contributed by atoms with Gasteiger partial charge in [0.25, 0.3) is 0 Å². The predicted octanol–water partition coefficient (Wildman–Crippen LogP) is 2.51. The first-order valence-corrected chi connectivity index (χ1v) is 4.84. The van der Waals surface area contributed by atoms with Crippen molar-refractivity contribution >= 4 is 0 Å². The van der Waals surface area contributed by atoms with Crippen LogP contribution in [-0.2, 0) is 0 Å². The largest absolute Gasteiger partial charge is 0.320 e. The van der Waals surface area contributed by atoms with Gasteiger partial charge in [0.15, 0.2) is 0 Å². The standard InChI is InChI=1S/C11H19N/c1-10-5-3-6-11(9-10)7-4-8-12-2/h3,6,9-10,12H,4-5,7-8H2,1-2H3. The molecule has 1 aliphatic rings. The van der Waals surface area contributed by atoms with Crippen LogP contribution < -0.4 is 5.32 Å². The molecule has 0 saturated carbocycles. The topological polar surface area (TPSA) is 12.0 Å². The molecule has 1 aliphatic carbocycles. The molecule has 1 nitrogen and oxygen atoms in total. The molecular formula is C11H19N. The van der Waals surface area contributed by atoms with Crippen molar-refractivity contribution in [2.45, 2.75) is 26.2 Å². The first-order valence-electron chi connectivity index (χ1n) is 4.84. The predicted molar refractivity (Wildman–Crippen MR) is 54.2 cm³/mol. The lowest BCUT2D eigenvalue weighted by Gasteiger charge is -2.11. The van der Waals surface area contributed by atoms with Gasteiger partial charge in [0, 0.05) is 0 Å². The zero-order valence-corrected chi connectivity index (χ0v) is 8.14. The van der Waals surface area contributed by atoms with Crippen molar-refractivity contribution in [1.82, 2.24) is 5.32 Å². The molecule has 1 unspecified atom stereocenters. The lowest BCUT2D eigenvalue weighted by Crippen LogP contribution is -2.07. The van der Waals surface area contributed by atoms with Crippen LogP contribution in [-0.4, -0.2) is 13.6 Å². The van der Waals surface area contributed by atoms with E-state index in [1.165, 1.54) is 24.8 Å². The Labute approximate surface area is 75.6 Å². The number of allylic oxidation sites excluding steroid dienone is 4. The fraction of sp³-hybridized carbons (Fsp3) is 0.636. The zero-order valence-electron chi connectivity index (χ0n) is 8.14. The van der Waals surface area contributed by atoms with Gasteiger partial charge in [-0.1, -0.05) is 30.7 Å². The van der Waals surface area contributed by atoms with Crippen molar-refractivity contribution in [1.29, 1.82) is 0 Å². The van der Waals surface area contributed by atoms with E-state index < -0.39 is 0 Å². The van der Waals surface area contributed by atoms with Gasteiger partial charge in [0.05, 0.1) is 0 Å². The van der Waals surface area contributed by atoms with E-state index in [1.807, 2.05) is 7.05 Å². The molecule has 0 bridgehead atoms. The van der Waals surface area contributed by atoms with Crippen LogP contribution in [0.3, 0.4) is 0 Å². The second-order valence-corrected chi connectivity index (χ2v) is 3.56. The van der Waals surface area contributed by atoms with Crippen LogP contribution in [0.2, 0.25) is 0 Å². The molecule has 0 fully saturated rings. The van der Waals surface area contributed by atoms with Crippen molar-refractivity contribution < 1.29 is 0 Å². The summed E-state index contributed by atoms with van der Waals surface area (Å²) in [5.74, 6) is 0.750. The highest BCUT2D eigenvalue weighted by molar-refractivity contribution is 5.23. The van der Waals surface area contributed by atoms with E-state index in [0.717, 1.165) is 12.5 Å². The summed E-state index contributed by atoms with van der Waals surface area (Å²) in [5, 5.41) is 3.17. The second-order valence-electron chi connectivity index (χ2n) is 3.56. The maximum atomic E-state index is 3.17. The van der Waals surface area contributed by atoms with Gasteiger partial charge in [-0.05, 0) is 38.8 Å². The van der Waals surface area contributed by atoms with Gasteiger partial charge in [-0.25, -0.2) is 0 Å². The second kappa shape index (κ2) is 5.15. The zero-order chi connectivity index (χ0) is 8.81. The first kappa shape index (κ1) is 9.53. The van der Waals surface area contributed by atoms with Crippen molar-refractivity contribution in [3.63, 3.8) is 0 Å². The van der Waals surface area contributed by atoms with Gasteiger partial charge in [0.2, 0.25) is 0 Å². The number of hydrogen-bond acceptors (Lipinski definition) is 1. The lowest BCUT2D eigenvalue weighted by atomic mass is 9.95. The molecular weight excluding hydrogens is 146 g/mol. The minimum absolute atomic E-state index is 0.750. The van der Waals surface area contributed by atoms with Gasteiger partial charge < -0.3 is 5.32 Å². The molecule has 12 heavy (non-hydrogen) atoms. The Morgan fingerprint density at radius 1 is 1.58 bits per heavy atom. The third kappa shape index (κ3) is 3.22. The SMILES string of the molecule is CNCCCC1=CC(C)CC=C1. The van der Waals surface area contributed by atoms with Crippen molar-refractivity contribution in [3.8, 4) is 0 Å². The molecule has 0 aromatic rings. The Balaban J connectivity index is 2.26. The van der Waals surface area contributed by atoms with E-state index in [4.69, 9.17) is 0 Å². The maximum absolute atomic E-state index is 3.17. The fourth-order valence-corrected chi connectivity index (χ4v) is 1.56. The molecule has 0 aromatic carbocycles. The third-order valence-corrected chi connectivity index (χ3v) is 2.23. The normalized spacial score (nSPS) is 22.5. The highest BCUT2D eigenvalue weighted by Gasteiger charge is 2.02.